The van der Waals surface area contributed by atoms with Gasteiger partial charge < -0.3 is 10.2 Å². The first-order valence-electron chi connectivity index (χ1n) is 8.57. The van der Waals surface area contributed by atoms with Crippen LogP contribution in [0.25, 0.3) is 0 Å². The van der Waals surface area contributed by atoms with Gasteiger partial charge in [-0.1, -0.05) is 25.0 Å². The van der Waals surface area contributed by atoms with Crippen LogP contribution in [0.4, 0.5) is 18.9 Å². The molecule has 1 heterocycles. The first kappa shape index (κ1) is 18.6. The average Bonchev–Trinajstić information content (AvgIpc) is 3.14. The standard InChI is InChI=1S/C19H20F3N3S/c20-19(21,22)15-6-3-7-16(11-15)24-18(26)25(17-8-1-2-9-17)13-14-5-4-10-23-12-14/h3-7,10-12,17H,1-2,8-9,13H2,(H,24,26). The molecule has 1 aliphatic carbocycles. The van der Waals surface area contributed by atoms with Gasteiger partial charge >= 0.3 is 6.18 Å². The smallest absolute Gasteiger partial charge is 0.342 e. The number of alkyl halides is 3. The zero-order valence-corrected chi connectivity index (χ0v) is 15.0. The van der Waals surface area contributed by atoms with E-state index in [0.29, 0.717) is 23.4 Å². The number of hydrogen-bond donors (Lipinski definition) is 1. The molecule has 2 aromatic rings. The number of pyridine rings is 1. The molecule has 1 aliphatic rings. The van der Waals surface area contributed by atoms with Crippen LogP contribution < -0.4 is 5.32 Å². The SMILES string of the molecule is FC(F)(F)c1cccc(NC(=S)N(Cc2cccnc2)C2CCCC2)c1. The van der Waals surface area contributed by atoms with E-state index in [1.165, 1.54) is 6.07 Å². The Morgan fingerprint density at radius 3 is 2.62 bits per heavy atom. The van der Waals surface area contributed by atoms with Crippen molar-refractivity contribution in [2.45, 2.75) is 44.4 Å². The number of thiocarbonyl (C=S) groups is 1. The summed E-state index contributed by atoms with van der Waals surface area (Å²) in [7, 11) is 0. The topological polar surface area (TPSA) is 28.2 Å². The Bertz CT molecular complexity index is 743. The third kappa shape index (κ3) is 4.72. The molecule has 0 bridgehead atoms. The van der Waals surface area contributed by atoms with E-state index >= 15 is 0 Å². The van der Waals surface area contributed by atoms with Crippen LogP contribution in [0.3, 0.4) is 0 Å². The lowest BCUT2D eigenvalue weighted by Gasteiger charge is -2.32. The lowest BCUT2D eigenvalue weighted by Crippen LogP contribution is -2.41. The van der Waals surface area contributed by atoms with E-state index in [4.69, 9.17) is 12.2 Å². The van der Waals surface area contributed by atoms with Crippen molar-refractivity contribution in [3.05, 3.63) is 59.9 Å². The Morgan fingerprint density at radius 2 is 1.96 bits per heavy atom. The van der Waals surface area contributed by atoms with Gasteiger partial charge in [0.2, 0.25) is 0 Å². The van der Waals surface area contributed by atoms with Crippen LogP contribution in [0.2, 0.25) is 0 Å². The third-order valence-corrected chi connectivity index (χ3v) is 4.88. The number of anilines is 1. The van der Waals surface area contributed by atoms with Gasteiger partial charge in [-0.15, -0.1) is 0 Å². The molecule has 0 spiro atoms. The zero-order chi connectivity index (χ0) is 18.6. The number of nitrogens with one attached hydrogen (secondary N) is 1. The van der Waals surface area contributed by atoms with E-state index in [1.54, 1.807) is 18.5 Å². The molecule has 0 unspecified atom stereocenters. The maximum atomic E-state index is 12.9. The Kier molecular flexibility index (Phi) is 5.76. The minimum atomic E-state index is -4.37. The minimum absolute atomic E-state index is 0.293. The molecule has 1 fully saturated rings. The van der Waals surface area contributed by atoms with E-state index in [0.717, 1.165) is 43.4 Å². The molecule has 0 aliphatic heterocycles. The van der Waals surface area contributed by atoms with E-state index in [2.05, 4.69) is 15.2 Å². The summed E-state index contributed by atoms with van der Waals surface area (Å²) < 4.78 is 38.8. The second kappa shape index (κ2) is 8.03. The Morgan fingerprint density at radius 1 is 1.19 bits per heavy atom. The van der Waals surface area contributed by atoms with Gasteiger partial charge in [0.25, 0.3) is 0 Å². The minimum Gasteiger partial charge on any atom is -0.342 e. The number of aromatic nitrogens is 1. The molecule has 1 aromatic heterocycles. The average molecular weight is 379 g/mol. The van der Waals surface area contributed by atoms with Crippen molar-refractivity contribution < 1.29 is 13.2 Å². The molecule has 0 atom stereocenters. The van der Waals surface area contributed by atoms with Crippen LogP contribution in [0.15, 0.2) is 48.8 Å². The summed E-state index contributed by atoms with van der Waals surface area (Å²) >= 11 is 5.54. The van der Waals surface area contributed by atoms with Crippen molar-refractivity contribution in [2.75, 3.05) is 5.32 Å². The number of halogens is 3. The summed E-state index contributed by atoms with van der Waals surface area (Å²) in [5.74, 6) is 0. The molecule has 0 amide bonds. The summed E-state index contributed by atoms with van der Waals surface area (Å²) in [6.45, 7) is 0.587. The van der Waals surface area contributed by atoms with Crippen LogP contribution in [0, 0.1) is 0 Å². The highest BCUT2D eigenvalue weighted by Crippen LogP contribution is 2.31. The highest BCUT2D eigenvalue weighted by molar-refractivity contribution is 7.80. The van der Waals surface area contributed by atoms with Crippen molar-refractivity contribution in [1.82, 2.24) is 9.88 Å². The monoisotopic (exact) mass is 379 g/mol. The molecule has 7 heteroatoms. The third-order valence-electron chi connectivity index (χ3n) is 4.54. The van der Waals surface area contributed by atoms with Gasteiger partial charge in [-0.05, 0) is 54.9 Å². The zero-order valence-electron chi connectivity index (χ0n) is 14.2. The summed E-state index contributed by atoms with van der Waals surface area (Å²) in [4.78, 5) is 6.20. The maximum absolute atomic E-state index is 12.9. The molecule has 0 saturated heterocycles. The summed E-state index contributed by atoms with van der Waals surface area (Å²) in [5, 5.41) is 3.43. The Hall–Kier alpha value is -2.15. The predicted molar refractivity (Wildman–Crippen MR) is 99.7 cm³/mol. The van der Waals surface area contributed by atoms with E-state index in [1.807, 2.05) is 12.1 Å². The van der Waals surface area contributed by atoms with Crippen molar-refractivity contribution in [1.29, 1.82) is 0 Å². The largest absolute Gasteiger partial charge is 0.416 e. The Balaban J connectivity index is 1.77. The lowest BCUT2D eigenvalue weighted by atomic mass is 10.1. The number of rotatable bonds is 4. The molecule has 1 saturated carbocycles. The fraction of sp³-hybridized carbons (Fsp3) is 0.368. The molecule has 1 N–H and O–H groups in total. The number of hydrogen-bond acceptors (Lipinski definition) is 2. The fourth-order valence-electron chi connectivity index (χ4n) is 3.24. The van der Waals surface area contributed by atoms with Crippen molar-refractivity contribution in [3.8, 4) is 0 Å². The Labute approximate surface area is 156 Å². The van der Waals surface area contributed by atoms with Gasteiger partial charge in [0.05, 0.1) is 5.56 Å². The van der Waals surface area contributed by atoms with Gasteiger partial charge in [-0.2, -0.15) is 13.2 Å². The van der Waals surface area contributed by atoms with Crippen LogP contribution in [-0.2, 0) is 12.7 Å². The molecular weight excluding hydrogens is 359 g/mol. The number of benzene rings is 1. The van der Waals surface area contributed by atoms with Gasteiger partial charge in [-0.3, -0.25) is 4.98 Å². The second-order valence-electron chi connectivity index (χ2n) is 6.44. The molecular formula is C19H20F3N3S. The van der Waals surface area contributed by atoms with Crippen molar-refractivity contribution >= 4 is 23.0 Å². The predicted octanol–water partition coefficient (Wildman–Crippen LogP) is 5.24. The van der Waals surface area contributed by atoms with E-state index in [9.17, 15) is 13.2 Å². The summed E-state index contributed by atoms with van der Waals surface area (Å²) in [6, 6.07) is 9.25. The first-order chi connectivity index (χ1) is 12.4. The molecule has 3 rings (SSSR count). The van der Waals surface area contributed by atoms with Crippen LogP contribution >= 0.6 is 12.2 Å². The highest BCUT2D eigenvalue weighted by atomic mass is 32.1. The van der Waals surface area contributed by atoms with Gasteiger partial charge in [0.15, 0.2) is 5.11 Å². The van der Waals surface area contributed by atoms with Gasteiger partial charge in [-0.25, -0.2) is 0 Å². The summed E-state index contributed by atoms with van der Waals surface area (Å²) in [5.41, 5.74) is 0.677. The lowest BCUT2D eigenvalue weighted by molar-refractivity contribution is -0.137. The fourth-order valence-corrected chi connectivity index (χ4v) is 3.57. The maximum Gasteiger partial charge on any atom is 0.416 e. The van der Waals surface area contributed by atoms with Crippen molar-refractivity contribution in [2.24, 2.45) is 0 Å². The molecule has 0 radical (unpaired) electrons. The van der Waals surface area contributed by atoms with Crippen molar-refractivity contribution in [3.63, 3.8) is 0 Å². The molecule has 1 aromatic carbocycles. The first-order valence-corrected chi connectivity index (χ1v) is 8.98. The van der Waals surface area contributed by atoms with Gasteiger partial charge in [0, 0.05) is 30.7 Å². The molecule has 3 nitrogen and oxygen atoms in total. The van der Waals surface area contributed by atoms with Gasteiger partial charge in [0.1, 0.15) is 0 Å². The second-order valence-corrected chi connectivity index (χ2v) is 6.82. The van der Waals surface area contributed by atoms with Crippen LogP contribution in [0.5, 0.6) is 0 Å². The number of nitrogens with zero attached hydrogens (tertiary/aromatic N) is 2. The quantitative estimate of drug-likeness (QED) is 0.735. The summed E-state index contributed by atoms with van der Waals surface area (Å²) in [6.07, 6.45) is 3.47. The van der Waals surface area contributed by atoms with Crippen LogP contribution in [0.1, 0.15) is 36.8 Å². The van der Waals surface area contributed by atoms with E-state index in [-0.39, 0.29) is 0 Å². The highest BCUT2D eigenvalue weighted by Gasteiger charge is 2.31. The molecule has 26 heavy (non-hydrogen) atoms. The van der Waals surface area contributed by atoms with Crippen LogP contribution in [-0.4, -0.2) is 21.0 Å². The normalized spacial score (nSPS) is 15.0. The molecule has 138 valence electrons. The van der Waals surface area contributed by atoms with E-state index < -0.39 is 11.7 Å².